The van der Waals surface area contributed by atoms with Crippen molar-refractivity contribution >= 4 is 34.3 Å². The van der Waals surface area contributed by atoms with Gasteiger partial charge in [-0.3, -0.25) is 4.79 Å². The molecular formula is C17H15ClN2O2. The van der Waals surface area contributed by atoms with Crippen molar-refractivity contribution in [1.82, 2.24) is 4.98 Å². The van der Waals surface area contributed by atoms with Gasteiger partial charge in [0.1, 0.15) is 5.52 Å². The van der Waals surface area contributed by atoms with E-state index in [2.05, 4.69) is 10.3 Å². The Labute approximate surface area is 133 Å². The zero-order valence-corrected chi connectivity index (χ0v) is 12.9. The number of hydrogen-bond acceptors (Lipinski definition) is 3. The van der Waals surface area contributed by atoms with Crippen LogP contribution in [-0.4, -0.2) is 10.9 Å². The van der Waals surface area contributed by atoms with Crippen LogP contribution >= 0.6 is 11.6 Å². The lowest BCUT2D eigenvalue weighted by molar-refractivity contribution is -0.115. The summed E-state index contributed by atoms with van der Waals surface area (Å²) in [4.78, 5) is 15.8. The SMILES string of the molecule is CCC(=O)Nc1ccc(Cc2nc3cc(Cl)ccc3o2)cc1. The fourth-order valence-electron chi connectivity index (χ4n) is 2.15. The van der Waals surface area contributed by atoms with Gasteiger partial charge in [0.2, 0.25) is 5.91 Å². The Morgan fingerprint density at radius 2 is 2.00 bits per heavy atom. The number of oxazole rings is 1. The third-order valence-corrected chi connectivity index (χ3v) is 3.54. The standard InChI is InChI=1S/C17H15ClN2O2/c1-2-16(21)19-13-6-3-11(4-7-13)9-17-20-14-10-12(18)5-8-15(14)22-17/h3-8,10H,2,9H2,1H3,(H,19,21). The van der Waals surface area contributed by atoms with Crippen LogP contribution < -0.4 is 5.32 Å². The number of hydrogen-bond donors (Lipinski definition) is 1. The highest BCUT2D eigenvalue weighted by Gasteiger charge is 2.07. The maximum atomic E-state index is 11.3. The van der Waals surface area contributed by atoms with E-state index in [-0.39, 0.29) is 5.91 Å². The van der Waals surface area contributed by atoms with E-state index < -0.39 is 0 Å². The van der Waals surface area contributed by atoms with Crippen LogP contribution in [0.4, 0.5) is 5.69 Å². The van der Waals surface area contributed by atoms with Crippen LogP contribution in [0.5, 0.6) is 0 Å². The molecule has 3 aromatic rings. The van der Waals surface area contributed by atoms with E-state index in [1.54, 1.807) is 12.1 Å². The Kier molecular flexibility index (Phi) is 4.11. The number of nitrogens with zero attached hydrogens (tertiary/aromatic N) is 1. The van der Waals surface area contributed by atoms with Crippen molar-refractivity contribution in [3.05, 3.63) is 58.9 Å². The maximum Gasteiger partial charge on any atom is 0.224 e. The molecule has 0 radical (unpaired) electrons. The van der Waals surface area contributed by atoms with E-state index in [0.717, 1.165) is 22.4 Å². The molecule has 4 nitrogen and oxygen atoms in total. The van der Waals surface area contributed by atoms with Crippen LogP contribution in [0.2, 0.25) is 5.02 Å². The summed E-state index contributed by atoms with van der Waals surface area (Å²) in [5.41, 5.74) is 3.34. The largest absolute Gasteiger partial charge is 0.440 e. The number of carbonyl (C=O) groups is 1. The van der Waals surface area contributed by atoms with Gasteiger partial charge in [0.15, 0.2) is 11.5 Å². The van der Waals surface area contributed by atoms with Crippen molar-refractivity contribution in [2.75, 3.05) is 5.32 Å². The maximum absolute atomic E-state index is 11.3. The van der Waals surface area contributed by atoms with Gasteiger partial charge in [-0.05, 0) is 35.9 Å². The summed E-state index contributed by atoms with van der Waals surface area (Å²) in [5.74, 6) is 0.645. The highest BCUT2D eigenvalue weighted by atomic mass is 35.5. The summed E-state index contributed by atoms with van der Waals surface area (Å²) in [6.45, 7) is 1.82. The lowest BCUT2D eigenvalue weighted by Gasteiger charge is -2.04. The summed E-state index contributed by atoms with van der Waals surface area (Å²) in [6, 6.07) is 13.0. The predicted molar refractivity (Wildman–Crippen MR) is 87.2 cm³/mol. The Morgan fingerprint density at radius 3 is 2.73 bits per heavy atom. The summed E-state index contributed by atoms with van der Waals surface area (Å²) >= 11 is 5.94. The first kappa shape index (κ1) is 14.6. The lowest BCUT2D eigenvalue weighted by atomic mass is 10.1. The molecule has 1 aromatic heterocycles. The minimum Gasteiger partial charge on any atom is -0.440 e. The average molecular weight is 315 g/mol. The summed E-state index contributed by atoms with van der Waals surface area (Å²) in [5, 5.41) is 3.46. The van der Waals surface area contributed by atoms with Crippen molar-refractivity contribution in [2.45, 2.75) is 19.8 Å². The lowest BCUT2D eigenvalue weighted by Crippen LogP contribution is -2.09. The number of amides is 1. The first-order valence-electron chi connectivity index (χ1n) is 7.08. The van der Waals surface area contributed by atoms with Crippen LogP contribution in [-0.2, 0) is 11.2 Å². The number of fused-ring (bicyclic) bond motifs is 1. The van der Waals surface area contributed by atoms with Crippen molar-refractivity contribution in [3.63, 3.8) is 0 Å². The van der Waals surface area contributed by atoms with Gasteiger partial charge in [-0.1, -0.05) is 30.7 Å². The van der Waals surface area contributed by atoms with Crippen molar-refractivity contribution < 1.29 is 9.21 Å². The van der Waals surface area contributed by atoms with Gasteiger partial charge < -0.3 is 9.73 Å². The summed E-state index contributed by atoms with van der Waals surface area (Å²) in [7, 11) is 0. The second-order valence-electron chi connectivity index (χ2n) is 5.00. The predicted octanol–water partition coefficient (Wildman–Crippen LogP) is 4.42. The minimum absolute atomic E-state index is 0.00331. The molecule has 0 aliphatic carbocycles. The molecule has 0 saturated heterocycles. The van der Waals surface area contributed by atoms with Crippen LogP contribution in [0.25, 0.3) is 11.1 Å². The molecule has 0 aliphatic heterocycles. The number of aromatic nitrogens is 1. The average Bonchev–Trinajstić information content (AvgIpc) is 2.90. The molecule has 0 unspecified atom stereocenters. The van der Waals surface area contributed by atoms with E-state index in [9.17, 15) is 4.79 Å². The second kappa shape index (κ2) is 6.20. The summed E-state index contributed by atoms with van der Waals surface area (Å²) < 4.78 is 5.70. The van der Waals surface area contributed by atoms with E-state index in [1.165, 1.54) is 0 Å². The van der Waals surface area contributed by atoms with Gasteiger partial charge in [-0.2, -0.15) is 0 Å². The van der Waals surface area contributed by atoms with Crippen molar-refractivity contribution in [1.29, 1.82) is 0 Å². The van der Waals surface area contributed by atoms with Crippen molar-refractivity contribution in [2.24, 2.45) is 0 Å². The molecule has 0 atom stereocenters. The van der Waals surface area contributed by atoms with Gasteiger partial charge in [0, 0.05) is 23.6 Å². The smallest absolute Gasteiger partial charge is 0.224 e. The molecule has 5 heteroatoms. The molecule has 0 aliphatic rings. The molecule has 0 saturated carbocycles. The molecule has 1 heterocycles. The minimum atomic E-state index is 0.00331. The number of benzene rings is 2. The van der Waals surface area contributed by atoms with Gasteiger partial charge in [0.05, 0.1) is 0 Å². The Bertz CT molecular complexity index is 809. The topological polar surface area (TPSA) is 55.1 Å². The zero-order valence-electron chi connectivity index (χ0n) is 12.1. The van der Waals surface area contributed by atoms with Crippen molar-refractivity contribution in [3.8, 4) is 0 Å². The highest BCUT2D eigenvalue weighted by Crippen LogP contribution is 2.21. The molecular weight excluding hydrogens is 300 g/mol. The molecule has 22 heavy (non-hydrogen) atoms. The Balaban J connectivity index is 1.75. The third kappa shape index (κ3) is 3.28. The zero-order chi connectivity index (χ0) is 15.5. The van der Waals surface area contributed by atoms with E-state index in [4.69, 9.17) is 16.0 Å². The number of nitrogens with one attached hydrogen (secondary N) is 1. The van der Waals surface area contributed by atoms with Gasteiger partial charge >= 0.3 is 0 Å². The molecule has 2 aromatic carbocycles. The number of anilines is 1. The number of carbonyl (C=O) groups excluding carboxylic acids is 1. The molecule has 3 rings (SSSR count). The van der Waals surface area contributed by atoms with E-state index >= 15 is 0 Å². The van der Waals surface area contributed by atoms with Crippen LogP contribution in [0, 0.1) is 0 Å². The summed E-state index contributed by atoms with van der Waals surface area (Å²) in [6.07, 6.45) is 1.06. The quantitative estimate of drug-likeness (QED) is 0.775. The van der Waals surface area contributed by atoms with Crippen LogP contribution in [0.1, 0.15) is 24.8 Å². The third-order valence-electron chi connectivity index (χ3n) is 3.31. The fourth-order valence-corrected chi connectivity index (χ4v) is 2.32. The molecule has 1 N–H and O–H groups in total. The van der Waals surface area contributed by atoms with Gasteiger partial charge in [-0.15, -0.1) is 0 Å². The first-order valence-corrected chi connectivity index (χ1v) is 7.45. The fraction of sp³-hybridized carbons (Fsp3) is 0.176. The van der Waals surface area contributed by atoms with E-state index in [0.29, 0.717) is 23.8 Å². The second-order valence-corrected chi connectivity index (χ2v) is 5.43. The molecule has 0 spiro atoms. The van der Waals surface area contributed by atoms with Crippen LogP contribution in [0.15, 0.2) is 46.9 Å². The Morgan fingerprint density at radius 1 is 1.23 bits per heavy atom. The molecule has 1 amide bonds. The monoisotopic (exact) mass is 314 g/mol. The number of rotatable bonds is 4. The van der Waals surface area contributed by atoms with E-state index in [1.807, 2.05) is 37.3 Å². The molecule has 0 fully saturated rings. The normalized spacial score (nSPS) is 10.8. The molecule has 112 valence electrons. The number of halogens is 1. The first-order chi connectivity index (χ1) is 10.6. The highest BCUT2D eigenvalue weighted by molar-refractivity contribution is 6.31. The van der Waals surface area contributed by atoms with Crippen LogP contribution in [0.3, 0.4) is 0 Å². The van der Waals surface area contributed by atoms with Gasteiger partial charge in [0.25, 0.3) is 0 Å². The Hall–Kier alpha value is -2.33. The van der Waals surface area contributed by atoms with Gasteiger partial charge in [-0.25, -0.2) is 4.98 Å². The molecule has 0 bridgehead atoms.